The van der Waals surface area contributed by atoms with E-state index in [1.165, 1.54) is 6.92 Å². The quantitative estimate of drug-likeness (QED) is 0.523. The summed E-state index contributed by atoms with van der Waals surface area (Å²) in [5.74, 6) is -0.635. The molecule has 0 spiro atoms. The maximum absolute atomic E-state index is 10.4. The maximum atomic E-state index is 10.4. The van der Waals surface area contributed by atoms with E-state index in [2.05, 4.69) is 0 Å². The largest absolute Gasteiger partial charge is 0.389 e. The molecule has 3 N–H and O–H groups in total. The van der Waals surface area contributed by atoms with E-state index >= 15 is 0 Å². The summed E-state index contributed by atoms with van der Waals surface area (Å²) in [6, 6.07) is -0.750. The molecule has 0 amide bonds. The first kappa shape index (κ1) is 9.26. The zero-order valence-corrected chi connectivity index (χ0v) is 5.83. The van der Waals surface area contributed by atoms with Gasteiger partial charge in [-0.15, -0.1) is 0 Å². The number of rotatable bonds is 4. The standard InChI is InChI=1S/C6H11NO3/c1-4(9)6(7)2-5(10)3-8/h6,8H,2-3,7H2,1H3/t6-/m0/s1. The molecule has 4 heteroatoms. The van der Waals surface area contributed by atoms with Crippen LogP contribution in [-0.4, -0.2) is 29.3 Å². The van der Waals surface area contributed by atoms with Crippen LogP contribution in [-0.2, 0) is 9.59 Å². The van der Waals surface area contributed by atoms with E-state index in [4.69, 9.17) is 10.8 Å². The van der Waals surface area contributed by atoms with Crippen LogP contribution in [0.15, 0.2) is 0 Å². The van der Waals surface area contributed by atoms with Gasteiger partial charge in [0, 0.05) is 6.42 Å². The summed E-state index contributed by atoms with van der Waals surface area (Å²) in [5, 5.41) is 8.25. The van der Waals surface area contributed by atoms with Gasteiger partial charge in [0.15, 0.2) is 5.78 Å². The molecular weight excluding hydrogens is 134 g/mol. The second-order valence-corrected chi connectivity index (χ2v) is 2.12. The lowest BCUT2D eigenvalue weighted by Gasteiger charge is -2.03. The highest BCUT2D eigenvalue weighted by molar-refractivity contribution is 5.89. The maximum Gasteiger partial charge on any atom is 0.160 e. The molecule has 0 rings (SSSR count). The summed E-state index contributed by atoms with van der Waals surface area (Å²) in [6.07, 6.45) is -0.0637. The van der Waals surface area contributed by atoms with E-state index < -0.39 is 18.4 Å². The summed E-state index contributed by atoms with van der Waals surface area (Å²) >= 11 is 0. The normalized spacial score (nSPS) is 12.7. The molecule has 0 unspecified atom stereocenters. The van der Waals surface area contributed by atoms with Gasteiger partial charge in [-0.3, -0.25) is 9.59 Å². The average molecular weight is 145 g/mol. The Hall–Kier alpha value is -0.740. The first-order valence-corrected chi connectivity index (χ1v) is 2.96. The van der Waals surface area contributed by atoms with E-state index in [9.17, 15) is 9.59 Å². The third-order valence-electron chi connectivity index (χ3n) is 1.15. The average Bonchev–Trinajstić information content (AvgIpc) is 1.87. The zero-order valence-electron chi connectivity index (χ0n) is 5.83. The van der Waals surface area contributed by atoms with Gasteiger partial charge in [-0.2, -0.15) is 0 Å². The fraction of sp³-hybridized carbons (Fsp3) is 0.667. The molecule has 1 atom stereocenters. The first-order valence-electron chi connectivity index (χ1n) is 2.96. The van der Waals surface area contributed by atoms with Gasteiger partial charge in [-0.05, 0) is 6.92 Å². The molecule has 0 heterocycles. The van der Waals surface area contributed by atoms with Gasteiger partial charge >= 0.3 is 0 Å². The number of Topliss-reactive ketones (excluding diaryl/α,β-unsaturated/α-hetero) is 2. The molecule has 4 nitrogen and oxygen atoms in total. The van der Waals surface area contributed by atoms with Crippen LogP contribution in [0.4, 0.5) is 0 Å². The predicted octanol–water partition coefficient (Wildman–Crippen LogP) is -1.15. The zero-order chi connectivity index (χ0) is 8.15. The minimum atomic E-state index is -0.750. The van der Waals surface area contributed by atoms with E-state index in [0.717, 1.165) is 0 Å². The fourth-order valence-electron chi connectivity index (χ4n) is 0.454. The van der Waals surface area contributed by atoms with Crippen LogP contribution in [0.25, 0.3) is 0 Å². The third-order valence-corrected chi connectivity index (χ3v) is 1.15. The number of carbonyl (C=O) groups excluding carboxylic acids is 2. The Kier molecular flexibility index (Phi) is 3.83. The number of carbonyl (C=O) groups is 2. The minimum absolute atomic E-state index is 0.0637. The van der Waals surface area contributed by atoms with Gasteiger partial charge in [0.25, 0.3) is 0 Å². The SMILES string of the molecule is CC(=O)[C@@H](N)CC(=O)CO. The number of nitrogens with two attached hydrogens (primary N) is 1. The van der Waals surface area contributed by atoms with Gasteiger partial charge in [0.2, 0.25) is 0 Å². The van der Waals surface area contributed by atoms with Gasteiger partial charge in [-0.25, -0.2) is 0 Å². The van der Waals surface area contributed by atoms with Crippen LogP contribution in [0, 0.1) is 0 Å². The van der Waals surface area contributed by atoms with Crippen molar-refractivity contribution in [2.45, 2.75) is 19.4 Å². The first-order chi connectivity index (χ1) is 4.57. The molecule has 0 aliphatic rings. The van der Waals surface area contributed by atoms with Crippen LogP contribution in [0.5, 0.6) is 0 Å². The van der Waals surface area contributed by atoms with Crippen molar-refractivity contribution in [3.8, 4) is 0 Å². The van der Waals surface area contributed by atoms with Crippen LogP contribution in [0.2, 0.25) is 0 Å². The van der Waals surface area contributed by atoms with Crippen LogP contribution < -0.4 is 5.73 Å². The van der Waals surface area contributed by atoms with E-state index in [1.807, 2.05) is 0 Å². The lowest BCUT2D eigenvalue weighted by molar-refractivity contribution is -0.125. The summed E-state index contributed by atoms with van der Waals surface area (Å²) in [5.41, 5.74) is 5.21. The second-order valence-electron chi connectivity index (χ2n) is 2.12. The molecule has 0 aliphatic heterocycles. The molecule has 0 saturated carbocycles. The van der Waals surface area contributed by atoms with Crippen LogP contribution >= 0.6 is 0 Å². The topological polar surface area (TPSA) is 80.4 Å². The van der Waals surface area contributed by atoms with Crippen LogP contribution in [0.3, 0.4) is 0 Å². The Morgan fingerprint density at radius 3 is 2.40 bits per heavy atom. The minimum Gasteiger partial charge on any atom is -0.389 e. The van der Waals surface area contributed by atoms with Crippen molar-refractivity contribution >= 4 is 11.6 Å². The molecule has 0 aromatic heterocycles. The van der Waals surface area contributed by atoms with Crippen molar-refractivity contribution in [3.63, 3.8) is 0 Å². The second kappa shape index (κ2) is 4.14. The number of aliphatic hydroxyl groups excluding tert-OH is 1. The predicted molar refractivity (Wildman–Crippen MR) is 35.4 cm³/mol. The van der Waals surface area contributed by atoms with Crippen molar-refractivity contribution in [3.05, 3.63) is 0 Å². The molecule has 0 radical (unpaired) electrons. The lowest BCUT2D eigenvalue weighted by atomic mass is 10.1. The lowest BCUT2D eigenvalue weighted by Crippen LogP contribution is -2.31. The summed E-state index contributed by atoms with van der Waals surface area (Å²) in [4.78, 5) is 20.9. The van der Waals surface area contributed by atoms with E-state index in [-0.39, 0.29) is 12.2 Å². The summed E-state index contributed by atoms with van der Waals surface area (Å²) < 4.78 is 0. The Morgan fingerprint density at radius 2 is 2.10 bits per heavy atom. The number of hydrogen-bond acceptors (Lipinski definition) is 4. The Morgan fingerprint density at radius 1 is 1.60 bits per heavy atom. The smallest absolute Gasteiger partial charge is 0.160 e. The third kappa shape index (κ3) is 3.32. The van der Waals surface area contributed by atoms with Crippen molar-refractivity contribution in [2.75, 3.05) is 6.61 Å². The number of hydrogen-bond donors (Lipinski definition) is 2. The molecular formula is C6H11NO3. The highest BCUT2D eigenvalue weighted by Crippen LogP contribution is 1.90. The Bertz CT molecular complexity index is 144. The van der Waals surface area contributed by atoms with Gasteiger partial charge in [0.05, 0.1) is 6.04 Å². The summed E-state index contributed by atoms with van der Waals surface area (Å²) in [6.45, 7) is 0.774. The Labute approximate surface area is 59.0 Å². The van der Waals surface area contributed by atoms with E-state index in [1.54, 1.807) is 0 Å². The molecule has 0 aromatic rings. The molecule has 0 bridgehead atoms. The highest BCUT2D eigenvalue weighted by atomic mass is 16.3. The molecule has 0 fully saturated rings. The van der Waals surface area contributed by atoms with Crippen molar-refractivity contribution in [1.29, 1.82) is 0 Å². The Balaban J connectivity index is 3.68. The summed E-state index contributed by atoms with van der Waals surface area (Å²) in [7, 11) is 0. The van der Waals surface area contributed by atoms with E-state index in [0.29, 0.717) is 0 Å². The van der Waals surface area contributed by atoms with Gasteiger partial charge in [0.1, 0.15) is 12.4 Å². The van der Waals surface area contributed by atoms with Crippen molar-refractivity contribution in [1.82, 2.24) is 0 Å². The molecule has 58 valence electrons. The number of aliphatic hydroxyl groups is 1. The highest BCUT2D eigenvalue weighted by Gasteiger charge is 2.11. The van der Waals surface area contributed by atoms with Crippen molar-refractivity contribution < 1.29 is 14.7 Å². The monoisotopic (exact) mass is 145 g/mol. The molecule has 0 saturated heterocycles. The van der Waals surface area contributed by atoms with Crippen molar-refractivity contribution in [2.24, 2.45) is 5.73 Å². The fourth-order valence-corrected chi connectivity index (χ4v) is 0.454. The molecule has 0 aliphatic carbocycles. The molecule has 10 heavy (non-hydrogen) atoms. The number of ketones is 2. The van der Waals surface area contributed by atoms with Crippen LogP contribution in [0.1, 0.15) is 13.3 Å². The van der Waals surface area contributed by atoms with Gasteiger partial charge < -0.3 is 10.8 Å². The molecule has 0 aromatic carbocycles. The van der Waals surface area contributed by atoms with Gasteiger partial charge in [-0.1, -0.05) is 0 Å².